The van der Waals surface area contributed by atoms with Crippen molar-refractivity contribution in [2.24, 2.45) is 5.92 Å². The number of nitrogens with two attached hydrogens (primary N) is 1. The van der Waals surface area contributed by atoms with Crippen LogP contribution in [0.25, 0.3) is 11.3 Å². The third-order valence-corrected chi connectivity index (χ3v) is 4.87. The van der Waals surface area contributed by atoms with Crippen LogP contribution in [0.2, 0.25) is 5.15 Å². The van der Waals surface area contributed by atoms with Crippen molar-refractivity contribution >= 4 is 29.1 Å². The molecular formula is C19H17ClN6O. The molecule has 1 atom stereocenters. The third-order valence-electron chi connectivity index (χ3n) is 4.66. The Morgan fingerprint density at radius 3 is 2.63 bits per heavy atom. The lowest BCUT2D eigenvalue weighted by molar-refractivity contribution is -0.120. The van der Waals surface area contributed by atoms with Crippen LogP contribution in [-0.4, -0.2) is 32.6 Å². The number of pyridine rings is 2. The minimum absolute atomic E-state index is 0.0234. The number of rotatable bonds is 4. The molecule has 1 fully saturated rings. The molecule has 3 aromatic rings. The standard InChI is InChI=1S/C19H17ClN6O/c20-16-3-1-13(18(21)23-16)11-14-7-10-26(19(14)27)17-4-2-15(24-25-17)12-5-8-22-9-6-12/h1-6,8-9,14H,7,10-11H2,(H2,21,23)/t14-/m0/s1. The summed E-state index contributed by atoms with van der Waals surface area (Å²) in [5, 5.41) is 8.83. The summed E-state index contributed by atoms with van der Waals surface area (Å²) in [5.74, 6) is 0.796. The Morgan fingerprint density at radius 2 is 1.93 bits per heavy atom. The van der Waals surface area contributed by atoms with E-state index in [1.165, 1.54) is 0 Å². The molecular weight excluding hydrogens is 364 g/mol. The molecule has 0 bridgehead atoms. The zero-order chi connectivity index (χ0) is 18.8. The van der Waals surface area contributed by atoms with Gasteiger partial charge < -0.3 is 5.73 Å². The molecule has 2 N–H and O–H groups in total. The van der Waals surface area contributed by atoms with Crippen LogP contribution in [0.4, 0.5) is 11.6 Å². The Hall–Kier alpha value is -3.06. The lowest BCUT2D eigenvalue weighted by Crippen LogP contribution is -2.28. The van der Waals surface area contributed by atoms with Gasteiger partial charge in [0.05, 0.1) is 5.69 Å². The summed E-state index contributed by atoms with van der Waals surface area (Å²) >= 11 is 5.84. The monoisotopic (exact) mass is 380 g/mol. The quantitative estimate of drug-likeness (QED) is 0.699. The molecule has 0 saturated carbocycles. The van der Waals surface area contributed by atoms with Crippen LogP contribution in [0.5, 0.6) is 0 Å². The topological polar surface area (TPSA) is 97.9 Å². The molecule has 8 heteroatoms. The van der Waals surface area contributed by atoms with E-state index in [1.807, 2.05) is 30.3 Å². The lowest BCUT2D eigenvalue weighted by Gasteiger charge is -2.15. The van der Waals surface area contributed by atoms with Crippen molar-refractivity contribution in [3.8, 4) is 11.3 Å². The van der Waals surface area contributed by atoms with Gasteiger partial charge in [0.2, 0.25) is 5.91 Å². The smallest absolute Gasteiger partial charge is 0.231 e. The van der Waals surface area contributed by atoms with Gasteiger partial charge in [0.15, 0.2) is 5.82 Å². The largest absolute Gasteiger partial charge is 0.383 e. The maximum absolute atomic E-state index is 12.8. The minimum atomic E-state index is -0.156. The number of amides is 1. The van der Waals surface area contributed by atoms with Gasteiger partial charge in [-0.05, 0) is 48.7 Å². The van der Waals surface area contributed by atoms with Gasteiger partial charge in [0.25, 0.3) is 0 Å². The average Bonchev–Trinajstić information content (AvgIpc) is 3.05. The van der Waals surface area contributed by atoms with E-state index in [0.717, 1.165) is 23.2 Å². The number of nitrogen functional groups attached to an aromatic ring is 1. The number of carbonyl (C=O) groups is 1. The lowest BCUT2D eigenvalue weighted by atomic mass is 9.98. The highest BCUT2D eigenvalue weighted by atomic mass is 35.5. The first-order valence-corrected chi connectivity index (χ1v) is 8.96. The van der Waals surface area contributed by atoms with Crippen molar-refractivity contribution in [3.05, 3.63) is 59.5 Å². The molecule has 0 aromatic carbocycles. The number of aromatic nitrogens is 4. The molecule has 1 saturated heterocycles. The summed E-state index contributed by atoms with van der Waals surface area (Å²) < 4.78 is 0. The number of nitrogens with zero attached hydrogens (tertiary/aromatic N) is 5. The van der Waals surface area contributed by atoms with Gasteiger partial charge in [-0.1, -0.05) is 17.7 Å². The van der Waals surface area contributed by atoms with Crippen molar-refractivity contribution in [1.29, 1.82) is 0 Å². The fourth-order valence-electron chi connectivity index (χ4n) is 3.22. The number of anilines is 2. The summed E-state index contributed by atoms with van der Waals surface area (Å²) in [5.41, 5.74) is 8.42. The molecule has 0 radical (unpaired) electrons. The molecule has 136 valence electrons. The molecule has 1 aliphatic rings. The summed E-state index contributed by atoms with van der Waals surface area (Å²) in [4.78, 5) is 22.5. The van der Waals surface area contributed by atoms with E-state index in [1.54, 1.807) is 23.4 Å². The van der Waals surface area contributed by atoms with Gasteiger partial charge in [0, 0.05) is 30.4 Å². The van der Waals surface area contributed by atoms with Crippen LogP contribution < -0.4 is 10.6 Å². The Balaban J connectivity index is 1.48. The van der Waals surface area contributed by atoms with Crippen LogP contribution in [0, 0.1) is 5.92 Å². The Bertz CT molecular complexity index is 964. The number of hydrogen-bond acceptors (Lipinski definition) is 6. The Kier molecular flexibility index (Phi) is 4.68. The van der Waals surface area contributed by atoms with Crippen LogP contribution in [0.3, 0.4) is 0 Å². The number of halogens is 1. The molecule has 27 heavy (non-hydrogen) atoms. The molecule has 0 unspecified atom stereocenters. The zero-order valence-corrected chi connectivity index (χ0v) is 15.2. The van der Waals surface area contributed by atoms with Crippen LogP contribution in [0.15, 0.2) is 48.8 Å². The third kappa shape index (κ3) is 3.59. The highest BCUT2D eigenvalue weighted by Gasteiger charge is 2.33. The molecule has 4 rings (SSSR count). The fraction of sp³-hybridized carbons (Fsp3) is 0.211. The van der Waals surface area contributed by atoms with Gasteiger partial charge in [-0.25, -0.2) is 4.98 Å². The maximum atomic E-state index is 12.8. The second-order valence-electron chi connectivity index (χ2n) is 6.37. The maximum Gasteiger partial charge on any atom is 0.231 e. The first kappa shape index (κ1) is 17.4. The number of hydrogen-bond donors (Lipinski definition) is 1. The molecule has 3 aromatic heterocycles. The zero-order valence-electron chi connectivity index (χ0n) is 14.4. The predicted molar refractivity (Wildman–Crippen MR) is 103 cm³/mol. The highest BCUT2D eigenvalue weighted by molar-refractivity contribution is 6.29. The van der Waals surface area contributed by atoms with Gasteiger partial charge in [0.1, 0.15) is 11.0 Å². The Labute approximate surface area is 161 Å². The summed E-state index contributed by atoms with van der Waals surface area (Å²) in [7, 11) is 0. The van der Waals surface area contributed by atoms with E-state index in [-0.39, 0.29) is 11.8 Å². The van der Waals surface area contributed by atoms with E-state index in [2.05, 4.69) is 20.2 Å². The molecule has 1 amide bonds. The second kappa shape index (κ2) is 7.28. The van der Waals surface area contributed by atoms with Gasteiger partial charge in [-0.3, -0.25) is 14.7 Å². The average molecular weight is 381 g/mol. The molecule has 0 spiro atoms. The van der Waals surface area contributed by atoms with E-state index in [0.29, 0.717) is 29.8 Å². The van der Waals surface area contributed by atoms with E-state index < -0.39 is 0 Å². The molecule has 7 nitrogen and oxygen atoms in total. The van der Waals surface area contributed by atoms with E-state index in [4.69, 9.17) is 17.3 Å². The fourth-order valence-corrected chi connectivity index (χ4v) is 3.37. The predicted octanol–water partition coefficient (Wildman–Crippen LogP) is 2.76. The summed E-state index contributed by atoms with van der Waals surface area (Å²) in [6, 6.07) is 10.9. The molecule has 0 aliphatic carbocycles. The number of carbonyl (C=O) groups excluding carboxylic acids is 1. The summed E-state index contributed by atoms with van der Waals surface area (Å²) in [6.45, 7) is 0.605. The van der Waals surface area contributed by atoms with Crippen molar-refractivity contribution < 1.29 is 4.79 Å². The Morgan fingerprint density at radius 1 is 1.11 bits per heavy atom. The normalized spacial score (nSPS) is 16.7. The van der Waals surface area contributed by atoms with Crippen LogP contribution in [0.1, 0.15) is 12.0 Å². The van der Waals surface area contributed by atoms with E-state index >= 15 is 0 Å². The van der Waals surface area contributed by atoms with Crippen molar-refractivity contribution in [3.63, 3.8) is 0 Å². The van der Waals surface area contributed by atoms with Crippen molar-refractivity contribution in [2.75, 3.05) is 17.2 Å². The van der Waals surface area contributed by atoms with E-state index in [9.17, 15) is 4.79 Å². The molecule has 1 aliphatic heterocycles. The second-order valence-corrected chi connectivity index (χ2v) is 6.76. The highest BCUT2D eigenvalue weighted by Crippen LogP contribution is 2.28. The summed E-state index contributed by atoms with van der Waals surface area (Å²) in [6.07, 6.45) is 4.68. The van der Waals surface area contributed by atoms with Crippen LogP contribution >= 0.6 is 11.6 Å². The van der Waals surface area contributed by atoms with Gasteiger partial charge in [-0.2, -0.15) is 0 Å². The van der Waals surface area contributed by atoms with Crippen molar-refractivity contribution in [1.82, 2.24) is 20.2 Å². The van der Waals surface area contributed by atoms with Gasteiger partial charge >= 0.3 is 0 Å². The van der Waals surface area contributed by atoms with Gasteiger partial charge in [-0.15, -0.1) is 10.2 Å². The molecule has 4 heterocycles. The first-order chi connectivity index (χ1) is 13.1. The van der Waals surface area contributed by atoms with Crippen LogP contribution in [-0.2, 0) is 11.2 Å². The minimum Gasteiger partial charge on any atom is -0.383 e. The SMILES string of the molecule is Nc1nc(Cl)ccc1C[C@@H]1CCN(c2ccc(-c3ccncc3)nn2)C1=O. The van der Waals surface area contributed by atoms with Crippen molar-refractivity contribution in [2.45, 2.75) is 12.8 Å². The first-order valence-electron chi connectivity index (χ1n) is 8.58.